The number of anilines is 1. The average Bonchev–Trinajstić information content (AvgIpc) is 3.16. The van der Waals surface area contributed by atoms with Gasteiger partial charge in [-0.05, 0) is 51.1 Å². The number of nitrogens with one attached hydrogen (secondary N) is 1. The lowest BCUT2D eigenvalue weighted by atomic mass is 9.67. The lowest BCUT2D eigenvalue weighted by Crippen LogP contribution is -2.58. The summed E-state index contributed by atoms with van der Waals surface area (Å²) in [5.41, 5.74) is 4.77. The Labute approximate surface area is 188 Å². The number of hydrogen-bond donors (Lipinski definition) is 2. The predicted molar refractivity (Wildman–Crippen MR) is 120 cm³/mol. The molecule has 10 heteroatoms. The van der Waals surface area contributed by atoms with Crippen LogP contribution in [-0.2, 0) is 10.3 Å². The molecular formula is C22H22ClFN6O2. The number of imidazole rings is 1. The van der Waals surface area contributed by atoms with Crippen LogP contribution in [0.1, 0.15) is 36.8 Å². The summed E-state index contributed by atoms with van der Waals surface area (Å²) in [6.07, 6.45) is 3.19. The zero-order chi connectivity index (χ0) is 23.4. The lowest BCUT2D eigenvalue weighted by Gasteiger charge is -2.46. The van der Waals surface area contributed by atoms with Gasteiger partial charge in [-0.2, -0.15) is 0 Å². The Morgan fingerprint density at radius 3 is 2.62 bits per heavy atom. The number of amides is 2. The number of aromatic nitrogens is 2. The molecule has 0 fully saturated rings. The van der Waals surface area contributed by atoms with E-state index < -0.39 is 22.7 Å². The quantitative estimate of drug-likeness (QED) is 0.630. The molecule has 2 amide bonds. The van der Waals surface area contributed by atoms with Gasteiger partial charge in [0, 0.05) is 30.7 Å². The third kappa shape index (κ3) is 3.29. The third-order valence-electron chi connectivity index (χ3n) is 6.13. The Kier molecular flexibility index (Phi) is 4.97. The maximum Gasteiger partial charge on any atom is 0.275 e. The second kappa shape index (κ2) is 7.30. The van der Waals surface area contributed by atoms with Gasteiger partial charge in [-0.15, -0.1) is 0 Å². The number of aliphatic imine (C=N–C) groups is 1. The summed E-state index contributed by atoms with van der Waals surface area (Å²) in [4.78, 5) is 35.6. The van der Waals surface area contributed by atoms with E-state index >= 15 is 0 Å². The monoisotopic (exact) mass is 456 g/mol. The van der Waals surface area contributed by atoms with Crippen LogP contribution in [0.25, 0.3) is 5.65 Å². The number of carbonyl (C=O) groups excluding carboxylic acids is 2. The van der Waals surface area contributed by atoms with Crippen LogP contribution in [0.3, 0.4) is 0 Å². The molecule has 0 aliphatic carbocycles. The van der Waals surface area contributed by atoms with Crippen LogP contribution in [0.2, 0.25) is 5.02 Å². The highest BCUT2D eigenvalue weighted by atomic mass is 35.5. The highest BCUT2D eigenvalue weighted by Gasteiger charge is 2.53. The molecule has 2 aromatic heterocycles. The lowest BCUT2D eigenvalue weighted by molar-refractivity contribution is -0.140. The molecule has 3 N–H and O–H groups in total. The molecule has 0 spiro atoms. The first-order valence-electron chi connectivity index (χ1n) is 9.83. The van der Waals surface area contributed by atoms with E-state index in [0.29, 0.717) is 16.4 Å². The normalized spacial score (nSPS) is 20.4. The molecular weight excluding hydrogens is 435 g/mol. The fourth-order valence-corrected chi connectivity index (χ4v) is 3.99. The van der Waals surface area contributed by atoms with E-state index in [4.69, 9.17) is 17.3 Å². The Bertz CT molecular complexity index is 1300. The van der Waals surface area contributed by atoms with E-state index in [1.807, 2.05) is 0 Å². The van der Waals surface area contributed by atoms with E-state index in [1.54, 1.807) is 49.7 Å². The first-order chi connectivity index (χ1) is 14.9. The van der Waals surface area contributed by atoms with Gasteiger partial charge in [-0.1, -0.05) is 11.6 Å². The van der Waals surface area contributed by atoms with Crippen LogP contribution >= 0.6 is 11.6 Å². The highest BCUT2D eigenvalue weighted by Crippen LogP contribution is 2.47. The maximum atomic E-state index is 15.0. The number of nitrogens with zero attached hydrogens (tertiary/aromatic N) is 4. The molecule has 3 aromatic rings. The van der Waals surface area contributed by atoms with Crippen molar-refractivity contribution in [1.29, 1.82) is 0 Å². The van der Waals surface area contributed by atoms with Crippen molar-refractivity contribution in [2.45, 2.75) is 26.3 Å². The van der Waals surface area contributed by atoms with Crippen LogP contribution < -0.4 is 11.1 Å². The van der Waals surface area contributed by atoms with Crippen molar-refractivity contribution in [1.82, 2.24) is 14.3 Å². The number of rotatable bonds is 3. The topological polar surface area (TPSA) is 105 Å². The Balaban J connectivity index is 1.71. The largest absolute Gasteiger partial charge is 0.369 e. The number of hydrogen-bond acceptors (Lipinski definition) is 5. The summed E-state index contributed by atoms with van der Waals surface area (Å²) in [7, 11) is 1.53. The Morgan fingerprint density at radius 1 is 1.19 bits per heavy atom. The molecule has 8 nitrogen and oxygen atoms in total. The zero-order valence-electron chi connectivity index (χ0n) is 18.0. The first-order valence-corrected chi connectivity index (χ1v) is 10.2. The molecule has 1 unspecified atom stereocenters. The van der Waals surface area contributed by atoms with Crippen LogP contribution in [0.5, 0.6) is 0 Å². The van der Waals surface area contributed by atoms with E-state index in [0.717, 1.165) is 0 Å². The standard InChI is InChI=1S/C22H22ClFN6O2/c1-21(2)19(32)29(4)20(25)28-22(21,3)14-9-13(6-7-15(14)24)26-18(31)16-11-30-10-12(23)5-8-17(30)27-16/h5-11H,1-4H3,(H2,25,28)(H,26,31). The summed E-state index contributed by atoms with van der Waals surface area (Å²) >= 11 is 5.98. The van der Waals surface area contributed by atoms with Gasteiger partial charge >= 0.3 is 0 Å². The van der Waals surface area contributed by atoms with Gasteiger partial charge in [0.1, 0.15) is 22.7 Å². The summed E-state index contributed by atoms with van der Waals surface area (Å²) in [5, 5.41) is 3.23. The Morgan fingerprint density at radius 2 is 1.91 bits per heavy atom. The number of guanidine groups is 1. The van der Waals surface area contributed by atoms with Crippen molar-refractivity contribution in [3.05, 3.63) is 64.8 Å². The number of pyridine rings is 1. The molecule has 1 aromatic carbocycles. The van der Waals surface area contributed by atoms with Gasteiger partial charge in [0.05, 0.1) is 10.4 Å². The number of fused-ring (bicyclic) bond motifs is 1. The summed E-state index contributed by atoms with van der Waals surface area (Å²) in [6, 6.07) is 7.50. The van der Waals surface area contributed by atoms with E-state index in [9.17, 15) is 14.0 Å². The van der Waals surface area contributed by atoms with Crippen molar-refractivity contribution < 1.29 is 14.0 Å². The van der Waals surface area contributed by atoms with Gasteiger partial charge < -0.3 is 15.5 Å². The minimum atomic E-state index is -1.29. The molecule has 32 heavy (non-hydrogen) atoms. The average molecular weight is 457 g/mol. The molecule has 0 saturated carbocycles. The van der Waals surface area contributed by atoms with Crippen molar-refractivity contribution >= 4 is 40.7 Å². The van der Waals surface area contributed by atoms with Crippen molar-refractivity contribution in [3.8, 4) is 0 Å². The molecule has 0 saturated heterocycles. The van der Waals surface area contributed by atoms with Crippen LogP contribution in [0, 0.1) is 11.2 Å². The second-order valence-electron chi connectivity index (χ2n) is 8.42. The number of nitrogens with two attached hydrogens (primary N) is 1. The molecule has 0 bridgehead atoms. The maximum absolute atomic E-state index is 15.0. The molecule has 166 valence electrons. The van der Waals surface area contributed by atoms with Crippen LogP contribution in [-0.4, -0.2) is 39.1 Å². The molecule has 3 heterocycles. The molecule has 1 aliphatic heterocycles. The highest BCUT2D eigenvalue weighted by molar-refractivity contribution is 6.30. The first kappa shape index (κ1) is 21.8. The number of benzene rings is 1. The van der Waals surface area contributed by atoms with E-state index in [-0.39, 0.29) is 23.1 Å². The molecule has 1 atom stereocenters. The van der Waals surface area contributed by atoms with Crippen LogP contribution in [0.15, 0.2) is 47.7 Å². The van der Waals surface area contributed by atoms with Gasteiger partial charge in [0.15, 0.2) is 5.96 Å². The van der Waals surface area contributed by atoms with Gasteiger partial charge in [0.2, 0.25) is 5.91 Å². The molecule has 0 radical (unpaired) electrons. The third-order valence-corrected chi connectivity index (χ3v) is 6.36. The van der Waals surface area contributed by atoms with Crippen LogP contribution in [0.4, 0.5) is 10.1 Å². The fourth-order valence-electron chi connectivity index (χ4n) is 3.82. The van der Waals surface area contributed by atoms with Crippen molar-refractivity contribution in [2.75, 3.05) is 12.4 Å². The minimum absolute atomic E-state index is 0.00553. The zero-order valence-corrected chi connectivity index (χ0v) is 18.7. The smallest absolute Gasteiger partial charge is 0.275 e. The molecule has 4 rings (SSSR count). The summed E-state index contributed by atoms with van der Waals surface area (Å²) in [5.74, 6) is -1.33. The Hall–Kier alpha value is -3.46. The predicted octanol–water partition coefficient (Wildman–Crippen LogP) is 3.41. The number of carbonyl (C=O) groups is 2. The fraction of sp³-hybridized carbons (Fsp3) is 0.273. The minimum Gasteiger partial charge on any atom is -0.369 e. The summed E-state index contributed by atoms with van der Waals surface area (Å²) < 4.78 is 16.6. The van der Waals surface area contributed by atoms with Gasteiger partial charge in [0.25, 0.3) is 5.91 Å². The van der Waals surface area contributed by atoms with Gasteiger partial charge in [-0.3, -0.25) is 14.5 Å². The van der Waals surface area contributed by atoms with Gasteiger partial charge in [-0.25, -0.2) is 14.4 Å². The summed E-state index contributed by atoms with van der Waals surface area (Å²) in [6.45, 7) is 5.03. The van der Waals surface area contributed by atoms with E-state index in [1.165, 1.54) is 30.1 Å². The SMILES string of the molecule is CN1C(=O)C(C)(C)C(C)(c2cc(NC(=O)c3cn4cc(Cl)ccc4n3)ccc2F)N=C1N. The number of halogens is 2. The van der Waals surface area contributed by atoms with Crippen molar-refractivity contribution in [3.63, 3.8) is 0 Å². The molecule has 1 aliphatic rings. The second-order valence-corrected chi connectivity index (χ2v) is 8.86. The van der Waals surface area contributed by atoms with Crippen molar-refractivity contribution in [2.24, 2.45) is 16.1 Å². The van der Waals surface area contributed by atoms with E-state index in [2.05, 4.69) is 15.3 Å².